The van der Waals surface area contributed by atoms with Gasteiger partial charge in [-0.1, -0.05) is 97.1 Å². The summed E-state index contributed by atoms with van der Waals surface area (Å²) in [5.41, 5.74) is 8.33. The minimum Gasteiger partial charge on any atom is -0.478 e. The molecule has 0 bridgehead atoms. The fourth-order valence-corrected chi connectivity index (χ4v) is 5.94. The predicted octanol–water partition coefficient (Wildman–Crippen LogP) is 8.36. The third-order valence-electron chi connectivity index (χ3n) is 6.84. The molecule has 0 aliphatic rings. The molecule has 0 amide bonds. The second-order valence-electron chi connectivity index (χ2n) is 9.48. The Labute approximate surface area is 228 Å². The monoisotopic (exact) mass is 518 g/mol. The first-order chi connectivity index (χ1) is 18.5. The Morgan fingerprint density at radius 2 is 1.26 bits per heavy atom. The van der Waals surface area contributed by atoms with Crippen LogP contribution in [0.3, 0.4) is 0 Å². The predicted molar refractivity (Wildman–Crippen MR) is 156 cm³/mol. The Bertz CT molecular complexity index is 1500. The first-order valence-electron chi connectivity index (χ1n) is 12.7. The molecule has 1 N–H and O–H groups in total. The minimum atomic E-state index is -0.973. The van der Waals surface area contributed by atoms with E-state index in [-0.39, 0.29) is 0 Å². The van der Waals surface area contributed by atoms with Gasteiger partial charge in [0.1, 0.15) is 5.75 Å². The van der Waals surface area contributed by atoms with Crippen LogP contribution in [-0.2, 0) is 17.6 Å². The largest absolute Gasteiger partial charge is 0.478 e. The van der Waals surface area contributed by atoms with E-state index in [2.05, 4.69) is 68.4 Å². The van der Waals surface area contributed by atoms with Crippen LogP contribution in [0.25, 0.3) is 22.3 Å². The van der Waals surface area contributed by atoms with Crippen molar-refractivity contribution < 1.29 is 14.6 Å². The molecule has 38 heavy (non-hydrogen) atoms. The Morgan fingerprint density at radius 3 is 1.84 bits per heavy atom. The summed E-state index contributed by atoms with van der Waals surface area (Å²) in [5.74, 6) is -0.428. The lowest BCUT2D eigenvalue weighted by molar-refractivity contribution is -0.145. The van der Waals surface area contributed by atoms with Gasteiger partial charge >= 0.3 is 5.97 Å². The molecule has 0 saturated heterocycles. The molecule has 0 aliphatic carbocycles. The highest BCUT2D eigenvalue weighted by Crippen LogP contribution is 2.38. The molecule has 4 aromatic carbocycles. The van der Waals surface area contributed by atoms with Crippen LogP contribution in [0.1, 0.15) is 26.4 Å². The number of ether oxygens (including phenoxy) is 1. The van der Waals surface area contributed by atoms with E-state index in [0.717, 1.165) is 23.1 Å². The van der Waals surface area contributed by atoms with Crippen molar-refractivity contribution in [3.8, 4) is 28.0 Å². The highest BCUT2D eigenvalue weighted by molar-refractivity contribution is 7.12. The van der Waals surface area contributed by atoms with Crippen molar-refractivity contribution in [3.05, 3.63) is 136 Å². The van der Waals surface area contributed by atoms with Gasteiger partial charge in [-0.25, -0.2) is 4.79 Å². The number of rotatable bonds is 9. The lowest BCUT2D eigenvalue weighted by Crippen LogP contribution is -2.29. The topological polar surface area (TPSA) is 46.5 Å². The van der Waals surface area contributed by atoms with Gasteiger partial charge in [-0.05, 0) is 64.9 Å². The van der Waals surface area contributed by atoms with Gasteiger partial charge in [0.05, 0.1) is 0 Å². The summed E-state index contributed by atoms with van der Waals surface area (Å²) in [5, 5.41) is 9.65. The first-order valence-corrected chi connectivity index (χ1v) is 13.6. The number of aryl methyl sites for hydroxylation is 1. The quantitative estimate of drug-likeness (QED) is 0.213. The van der Waals surface area contributed by atoms with Crippen LogP contribution in [0.4, 0.5) is 0 Å². The lowest BCUT2D eigenvalue weighted by atomic mass is 9.96. The molecule has 0 radical (unpaired) electrons. The van der Waals surface area contributed by atoms with Crippen molar-refractivity contribution >= 4 is 17.3 Å². The maximum Gasteiger partial charge on any atom is 0.345 e. The smallest absolute Gasteiger partial charge is 0.345 e. The molecule has 5 rings (SSSR count). The van der Waals surface area contributed by atoms with Crippen LogP contribution in [0, 0.1) is 13.8 Å². The number of thiophene rings is 1. The fourth-order valence-electron chi connectivity index (χ4n) is 4.71. The highest BCUT2D eigenvalue weighted by atomic mass is 32.1. The molecule has 1 heterocycles. The molecule has 1 aromatic heterocycles. The number of carboxylic acids is 1. The fraction of sp³-hybridized carbons (Fsp3) is 0.147. The molecule has 1 atom stereocenters. The van der Waals surface area contributed by atoms with Gasteiger partial charge in [-0.2, -0.15) is 0 Å². The van der Waals surface area contributed by atoms with E-state index in [9.17, 15) is 9.90 Å². The van der Waals surface area contributed by atoms with E-state index >= 15 is 0 Å². The Balaban J connectivity index is 1.32. The van der Waals surface area contributed by atoms with Crippen LogP contribution in [0.15, 0.2) is 109 Å². The van der Waals surface area contributed by atoms with Gasteiger partial charge in [0.2, 0.25) is 0 Å². The number of benzene rings is 4. The lowest BCUT2D eigenvalue weighted by Gasteiger charge is -2.15. The zero-order chi connectivity index (χ0) is 26.5. The molecular weight excluding hydrogens is 488 g/mol. The molecular formula is C34H30O3S. The molecule has 4 heteroatoms. The Morgan fingerprint density at radius 1 is 0.737 bits per heavy atom. The second-order valence-corrected chi connectivity index (χ2v) is 10.8. The van der Waals surface area contributed by atoms with E-state index < -0.39 is 12.1 Å². The van der Waals surface area contributed by atoms with Crippen molar-refractivity contribution in [2.24, 2.45) is 0 Å². The maximum absolute atomic E-state index is 11.8. The van der Waals surface area contributed by atoms with Gasteiger partial charge in [-0.15, -0.1) is 11.3 Å². The SMILES string of the molecule is Cc1sc(Cc2ccccc2)c(-c2ccc(-c3ccc(O[C@H](Cc4ccccc4)C(=O)O)cc3)cc2)c1C. The van der Waals surface area contributed by atoms with E-state index in [4.69, 9.17) is 4.74 Å². The van der Waals surface area contributed by atoms with Gasteiger partial charge in [0.15, 0.2) is 6.10 Å². The van der Waals surface area contributed by atoms with Gasteiger partial charge in [0, 0.05) is 22.6 Å². The van der Waals surface area contributed by atoms with Crippen molar-refractivity contribution in [2.45, 2.75) is 32.8 Å². The molecule has 0 aliphatic heterocycles. The third kappa shape index (κ3) is 5.87. The number of carboxylic acid groups (broad SMARTS) is 1. The Kier molecular flexibility index (Phi) is 7.71. The Hall–Kier alpha value is -4.15. The average molecular weight is 519 g/mol. The van der Waals surface area contributed by atoms with Crippen LogP contribution in [0.2, 0.25) is 0 Å². The summed E-state index contributed by atoms with van der Waals surface area (Å²) in [7, 11) is 0. The first kappa shape index (κ1) is 25.5. The summed E-state index contributed by atoms with van der Waals surface area (Å²) >= 11 is 1.88. The molecule has 0 spiro atoms. The van der Waals surface area contributed by atoms with E-state index in [1.54, 1.807) is 0 Å². The van der Waals surface area contributed by atoms with Crippen molar-refractivity contribution in [1.29, 1.82) is 0 Å². The summed E-state index contributed by atoms with van der Waals surface area (Å²) in [6.45, 7) is 4.41. The zero-order valence-corrected chi connectivity index (χ0v) is 22.4. The van der Waals surface area contributed by atoms with Crippen LogP contribution >= 0.6 is 11.3 Å². The standard InChI is InChI=1S/C34H30O3S/c1-23-24(2)38-32(22-26-11-7-4-8-12-26)33(23)29-15-13-27(14-16-29)28-17-19-30(20-18-28)37-31(34(35)36)21-25-9-5-3-6-10-25/h3-20,31H,21-22H2,1-2H3,(H,35,36)/t31-/m1/s1. The summed E-state index contributed by atoms with van der Waals surface area (Å²) in [6.07, 6.45) is 0.304. The highest BCUT2D eigenvalue weighted by Gasteiger charge is 2.20. The van der Waals surface area contributed by atoms with Gasteiger partial charge in [-0.3, -0.25) is 0 Å². The summed E-state index contributed by atoms with van der Waals surface area (Å²) in [6, 6.07) is 36.5. The zero-order valence-electron chi connectivity index (χ0n) is 21.6. The summed E-state index contributed by atoms with van der Waals surface area (Å²) in [4.78, 5) is 14.5. The molecule has 190 valence electrons. The van der Waals surface area contributed by atoms with Crippen LogP contribution in [0.5, 0.6) is 5.75 Å². The molecule has 5 aromatic rings. The normalized spacial score (nSPS) is 11.7. The average Bonchev–Trinajstić information content (AvgIpc) is 3.22. The van der Waals surface area contributed by atoms with E-state index in [0.29, 0.717) is 12.2 Å². The summed E-state index contributed by atoms with van der Waals surface area (Å²) < 4.78 is 5.83. The van der Waals surface area contributed by atoms with Crippen LogP contribution in [-0.4, -0.2) is 17.2 Å². The van der Waals surface area contributed by atoms with E-state index in [1.165, 1.54) is 32.0 Å². The van der Waals surface area contributed by atoms with Crippen LogP contribution < -0.4 is 4.74 Å². The van der Waals surface area contributed by atoms with Crippen molar-refractivity contribution in [2.75, 3.05) is 0 Å². The van der Waals surface area contributed by atoms with Gasteiger partial charge in [0.25, 0.3) is 0 Å². The molecule has 0 unspecified atom stereocenters. The maximum atomic E-state index is 11.8. The second kappa shape index (κ2) is 11.5. The number of hydrogen-bond donors (Lipinski definition) is 1. The molecule has 0 saturated carbocycles. The minimum absolute atomic E-state index is 0.313. The molecule has 3 nitrogen and oxygen atoms in total. The number of aliphatic carboxylic acids is 1. The van der Waals surface area contributed by atoms with Crippen molar-refractivity contribution in [3.63, 3.8) is 0 Å². The van der Waals surface area contributed by atoms with Gasteiger partial charge < -0.3 is 9.84 Å². The third-order valence-corrected chi connectivity index (χ3v) is 8.05. The van der Waals surface area contributed by atoms with E-state index in [1.807, 2.05) is 65.9 Å². The molecule has 0 fully saturated rings. The number of carbonyl (C=O) groups is 1. The van der Waals surface area contributed by atoms with Crippen molar-refractivity contribution in [1.82, 2.24) is 0 Å². The number of hydrogen-bond acceptors (Lipinski definition) is 3.